The molecule has 6 rings (SSSR count). The molecule has 8 unspecified atom stereocenters. The van der Waals surface area contributed by atoms with Gasteiger partial charge in [-0.25, -0.2) is 10.0 Å². The van der Waals surface area contributed by atoms with Crippen molar-refractivity contribution in [3.8, 4) is 0 Å². The summed E-state index contributed by atoms with van der Waals surface area (Å²) >= 11 is 0. The van der Waals surface area contributed by atoms with Gasteiger partial charge in [-0.15, -0.1) is 11.2 Å². The molecule has 122 valence electrons. The number of nitrogens with zero attached hydrogens (tertiary/aromatic N) is 2. The Hall–Kier alpha value is -0.240. The molecule has 2 N–H and O–H groups in total. The Kier molecular flexibility index (Phi) is 2.77. The maximum atomic E-state index is 6.23. The van der Waals surface area contributed by atoms with Crippen LogP contribution in [0.3, 0.4) is 0 Å². The van der Waals surface area contributed by atoms with Crippen LogP contribution in [-0.4, -0.2) is 46.4 Å². The molecule has 2 saturated carbocycles. The van der Waals surface area contributed by atoms with E-state index in [0.717, 1.165) is 0 Å². The van der Waals surface area contributed by atoms with E-state index in [9.17, 15) is 0 Å². The summed E-state index contributed by atoms with van der Waals surface area (Å²) < 4.78 is 0. The van der Waals surface area contributed by atoms with E-state index in [1.54, 1.807) is 0 Å². The molecule has 2 aliphatic carbocycles. The van der Waals surface area contributed by atoms with Crippen molar-refractivity contribution in [2.24, 2.45) is 11.8 Å². The van der Waals surface area contributed by atoms with Crippen LogP contribution in [0.4, 0.5) is 0 Å². The summed E-state index contributed by atoms with van der Waals surface area (Å²) in [5.41, 5.74) is 6.74. The highest BCUT2D eigenvalue weighted by atomic mass is 16.7. The van der Waals surface area contributed by atoms with Crippen molar-refractivity contribution in [3.05, 3.63) is 0 Å². The van der Waals surface area contributed by atoms with Crippen molar-refractivity contribution >= 4 is 0 Å². The van der Waals surface area contributed by atoms with E-state index in [0.29, 0.717) is 48.2 Å². The van der Waals surface area contributed by atoms with Gasteiger partial charge in [-0.3, -0.25) is 9.68 Å². The van der Waals surface area contributed by atoms with E-state index in [2.05, 4.69) is 21.2 Å². The molecule has 0 aromatic carbocycles. The van der Waals surface area contributed by atoms with Crippen molar-refractivity contribution in [3.63, 3.8) is 0 Å². The zero-order chi connectivity index (χ0) is 14.3. The molecule has 6 fully saturated rings. The van der Waals surface area contributed by atoms with Gasteiger partial charge in [0.15, 0.2) is 0 Å². The third kappa shape index (κ3) is 1.51. The fourth-order valence-electron chi connectivity index (χ4n) is 6.53. The van der Waals surface area contributed by atoms with Crippen molar-refractivity contribution in [2.75, 3.05) is 0 Å². The molecule has 4 aliphatic heterocycles. The zero-order valence-electron chi connectivity index (χ0n) is 13.0. The molecule has 0 radical (unpaired) electrons. The first kappa shape index (κ1) is 13.1. The predicted molar refractivity (Wildman–Crippen MR) is 78.8 cm³/mol. The number of fused-ring (bicyclic) bond motifs is 6. The van der Waals surface area contributed by atoms with Gasteiger partial charge in [0.05, 0.1) is 12.1 Å². The fourth-order valence-corrected chi connectivity index (χ4v) is 6.53. The smallest absolute Gasteiger partial charge is 0.104 e. The average molecular weight is 306 g/mol. The minimum atomic E-state index is 0.325. The Bertz CT molecular complexity index is 395. The minimum absolute atomic E-state index is 0.325. The van der Waals surface area contributed by atoms with Crippen LogP contribution >= 0.6 is 0 Å². The Morgan fingerprint density at radius 1 is 0.636 bits per heavy atom. The van der Waals surface area contributed by atoms with Crippen molar-refractivity contribution < 1.29 is 9.68 Å². The lowest BCUT2D eigenvalue weighted by atomic mass is 9.80. The van der Waals surface area contributed by atoms with E-state index in [1.807, 2.05) is 0 Å². The van der Waals surface area contributed by atoms with Gasteiger partial charge >= 0.3 is 0 Å². The Morgan fingerprint density at radius 2 is 1.09 bits per heavy atom. The van der Waals surface area contributed by atoms with E-state index in [1.165, 1.54) is 51.4 Å². The van der Waals surface area contributed by atoms with Crippen LogP contribution in [-0.2, 0) is 9.68 Å². The van der Waals surface area contributed by atoms with Gasteiger partial charge in [0, 0.05) is 23.9 Å². The van der Waals surface area contributed by atoms with Crippen LogP contribution < -0.4 is 11.2 Å². The summed E-state index contributed by atoms with van der Waals surface area (Å²) in [5, 5.41) is 4.86. The van der Waals surface area contributed by atoms with Crippen molar-refractivity contribution in [1.29, 1.82) is 0 Å². The molecule has 0 aromatic heterocycles. The van der Waals surface area contributed by atoms with Gasteiger partial charge in [0.25, 0.3) is 0 Å². The summed E-state index contributed by atoms with van der Waals surface area (Å²) in [4.78, 5) is 12.5. The quantitative estimate of drug-likeness (QED) is 0.699. The van der Waals surface area contributed by atoms with Crippen LogP contribution in [0.1, 0.15) is 51.4 Å². The Balaban J connectivity index is 1.39. The molecule has 0 bridgehead atoms. The standard InChI is InChI=1S/C16H26N4O2/c1-3-7-11-9(5-1)15-13-14-16(22-17-19(11)13)10-6-2-4-8-12(10)20(14)18-21-15/h9-18H,1-8H2. The first-order valence-electron chi connectivity index (χ1n) is 9.33. The van der Waals surface area contributed by atoms with Gasteiger partial charge in [0.1, 0.15) is 12.2 Å². The normalized spacial score (nSPS) is 57.3. The molecular formula is C16H26N4O2. The van der Waals surface area contributed by atoms with Gasteiger partial charge in [-0.1, -0.05) is 25.7 Å². The summed E-state index contributed by atoms with van der Waals surface area (Å²) in [6.45, 7) is 0. The van der Waals surface area contributed by atoms with E-state index in [4.69, 9.17) is 9.68 Å². The van der Waals surface area contributed by atoms with Crippen LogP contribution in [0.5, 0.6) is 0 Å². The molecule has 0 amide bonds. The molecule has 6 nitrogen and oxygen atoms in total. The number of hydrogen-bond acceptors (Lipinski definition) is 6. The second-order valence-electron chi connectivity index (χ2n) is 8.17. The fraction of sp³-hybridized carbons (Fsp3) is 1.00. The monoisotopic (exact) mass is 306 g/mol. The first-order chi connectivity index (χ1) is 10.9. The van der Waals surface area contributed by atoms with Crippen LogP contribution in [0.2, 0.25) is 0 Å². The first-order valence-corrected chi connectivity index (χ1v) is 9.33. The lowest BCUT2D eigenvalue weighted by Crippen LogP contribution is -2.70. The van der Waals surface area contributed by atoms with Crippen LogP contribution in [0.15, 0.2) is 0 Å². The van der Waals surface area contributed by atoms with Crippen LogP contribution in [0, 0.1) is 11.8 Å². The van der Waals surface area contributed by atoms with Crippen molar-refractivity contribution in [2.45, 2.75) is 87.7 Å². The highest BCUT2D eigenvalue weighted by molar-refractivity contribution is 5.15. The van der Waals surface area contributed by atoms with Gasteiger partial charge < -0.3 is 0 Å². The second-order valence-corrected chi connectivity index (χ2v) is 8.17. The molecule has 0 aromatic rings. The van der Waals surface area contributed by atoms with E-state index in [-0.39, 0.29) is 0 Å². The van der Waals surface area contributed by atoms with E-state index < -0.39 is 0 Å². The molecule has 4 heterocycles. The van der Waals surface area contributed by atoms with Gasteiger partial charge in [-0.2, -0.15) is 0 Å². The lowest BCUT2D eigenvalue weighted by Gasteiger charge is -2.48. The topological polar surface area (TPSA) is 49.0 Å². The maximum Gasteiger partial charge on any atom is 0.104 e. The highest BCUT2D eigenvalue weighted by Crippen LogP contribution is 2.51. The molecule has 0 spiro atoms. The zero-order valence-corrected chi connectivity index (χ0v) is 13.0. The SMILES string of the molecule is C1CCC2C(C1)C1ONN3C4CCCCC4C4ONN2C1C43. The highest BCUT2D eigenvalue weighted by Gasteiger charge is 2.66. The molecule has 4 saturated heterocycles. The summed E-state index contributed by atoms with van der Waals surface area (Å²) in [6, 6.07) is 2.10. The largest absolute Gasteiger partial charge is 0.281 e. The number of nitrogens with one attached hydrogen (secondary N) is 2. The number of hydrazine groups is 2. The summed E-state index contributed by atoms with van der Waals surface area (Å²) in [7, 11) is 0. The number of hydrogen-bond donors (Lipinski definition) is 2. The lowest BCUT2D eigenvalue weighted by molar-refractivity contribution is -0.273. The van der Waals surface area contributed by atoms with Gasteiger partial charge in [-0.05, 0) is 25.7 Å². The summed E-state index contributed by atoms with van der Waals surface area (Å²) in [5.74, 6) is 1.32. The number of rotatable bonds is 0. The third-order valence-electron chi connectivity index (χ3n) is 7.38. The minimum Gasteiger partial charge on any atom is -0.281 e. The molecule has 6 heteroatoms. The average Bonchev–Trinajstić information content (AvgIpc) is 3.08. The third-order valence-corrected chi connectivity index (χ3v) is 7.38. The van der Waals surface area contributed by atoms with E-state index >= 15 is 0 Å². The van der Waals surface area contributed by atoms with Crippen molar-refractivity contribution in [1.82, 2.24) is 21.2 Å². The Labute approximate surface area is 131 Å². The molecule has 22 heavy (non-hydrogen) atoms. The predicted octanol–water partition coefficient (Wildman–Crippen LogP) is 1.11. The Morgan fingerprint density at radius 3 is 1.59 bits per heavy atom. The van der Waals surface area contributed by atoms with Gasteiger partial charge in [0.2, 0.25) is 0 Å². The maximum absolute atomic E-state index is 6.23. The molecular weight excluding hydrogens is 280 g/mol. The molecule has 8 atom stereocenters. The summed E-state index contributed by atoms with van der Waals surface area (Å²) in [6.07, 6.45) is 11.2. The van der Waals surface area contributed by atoms with Crippen LogP contribution in [0.25, 0.3) is 0 Å². The second kappa shape index (κ2) is 4.65. The molecule has 6 aliphatic rings.